The molecule has 0 aliphatic rings. The van der Waals surface area contributed by atoms with Crippen molar-refractivity contribution in [3.63, 3.8) is 0 Å². The highest BCUT2D eigenvalue weighted by atomic mass is 35.5. The van der Waals surface area contributed by atoms with Gasteiger partial charge in [-0.25, -0.2) is 10.4 Å². The first-order valence-electron chi connectivity index (χ1n) is 7.34. The molecule has 0 bridgehead atoms. The molecular formula is C17H13Cl2N3OS2. The molecule has 1 aromatic heterocycles. The third kappa shape index (κ3) is 4.52. The number of hydrogen-bond donors (Lipinski definition) is 1. The number of carbonyl (C=O) groups excluding carboxylic acids is 1. The van der Waals surface area contributed by atoms with E-state index in [4.69, 9.17) is 23.2 Å². The number of halogens is 2. The Morgan fingerprint density at radius 2 is 1.96 bits per heavy atom. The topological polar surface area (TPSA) is 54.4 Å². The quantitative estimate of drug-likeness (QED) is 0.356. The van der Waals surface area contributed by atoms with Crippen LogP contribution in [0.1, 0.15) is 12.5 Å². The molecule has 0 saturated heterocycles. The molecule has 1 heterocycles. The number of nitrogens with one attached hydrogen (secondary N) is 1. The third-order valence-corrected chi connectivity index (χ3v) is 6.18. The van der Waals surface area contributed by atoms with Crippen LogP contribution >= 0.6 is 46.3 Å². The van der Waals surface area contributed by atoms with E-state index in [1.165, 1.54) is 18.0 Å². The molecule has 3 aromatic rings. The zero-order chi connectivity index (χ0) is 17.8. The molecule has 4 nitrogen and oxygen atoms in total. The fraction of sp³-hybridized carbons (Fsp3) is 0.118. The summed E-state index contributed by atoms with van der Waals surface area (Å²) in [6.45, 7) is 1.81. The van der Waals surface area contributed by atoms with Gasteiger partial charge in [-0.1, -0.05) is 53.2 Å². The van der Waals surface area contributed by atoms with Crippen molar-refractivity contribution in [2.45, 2.75) is 16.5 Å². The Kier molecular flexibility index (Phi) is 5.96. The minimum absolute atomic E-state index is 0.219. The lowest BCUT2D eigenvalue weighted by atomic mass is 10.2. The van der Waals surface area contributed by atoms with Crippen molar-refractivity contribution in [1.82, 2.24) is 10.4 Å². The van der Waals surface area contributed by atoms with Crippen LogP contribution in [0.2, 0.25) is 10.0 Å². The first-order valence-corrected chi connectivity index (χ1v) is 9.79. The van der Waals surface area contributed by atoms with Crippen LogP contribution in [-0.2, 0) is 4.79 Å². The second-order valence-corrected chi connectivity index (χ2v) is 8.51. The molecule has 1 atom stereocenters. The van der Waals surface area contributed by atoms with Gasteiger partial charge in [-0.2, -0.15) is 5.10 Å². The van der Waals surface area contributed by atoms with Gasteiger partial charge in [-0.3, -0.25) is 4.79 Å². The van der Waals surface area contributed by atoms with Gasteiger partial charge in [0.05, 0.1) is 31.7 Å². The van der Waals surface area contributed by atoms with E-state index in [1.807, 2.05) is 31.2 Å². The van der Waals surface area contributed by atoms with E-state index in [0.29, 0.717) is 15.6 Å². The van der Waals surface area contributed by atoms with Gasteiger partial charge in [0.15, 0.2) is 4.34 Å². The van der Waals surface area contributed by atoms with Crippen molar-refractivity contribution < 1.29 is 4.79 Å². The second-order valence-electron chi connectivity index (χ2n) is 5.08. The fourth-order valence-electron chi connectivity index (χ4n) is 1.99. The van der Waals surface area contributed by atoms with E-state index in [-0.39, 0.29) is 11.2 Å². The van der Waals surface area contributed by atoms with Crippen LogP contribution in [-0.4, -0.2) is 22.4 Å². The van der Waals surface area contributed by atoms with Gasteiger partial charge in [0.2, 0.25) is 0 Å². The number of thiazole rings is 1. The molecule has 0 aliphatic carbocycles. The minimum atomic E-state index is -0.334. The van der Waals surface area contributed by atoms with Crippen molar-refractivity contribution in [1.29, 1.82) is 0 Å². The van der Waals surface area contributed by atoms with Gasteiger partial charge in [-0.05, 0) is 31.2 Å². The molecule has 8 heteroatoms. The number of hydrazone groups is 1. The Morgan fingerprint density at radius 3 is 2.68 bits per heavy atom. The summed E-state index contributed by atoms with van der Waals surface area (Å²) in [6.07, 6.45) is 1.44. The number of fused-ring (bicyclic) bond motifs is 1. The average molecular weight is 410 g/mol. The van der Waals surface area contributed by atoms with E-state index in [0.717, 1.165) is 14.6 Å². The lowest BCUT2D eigenvalue weighted by Gasteiger charge is -2.07. The lowest BCUT2D eigenvalue weighted by Crippen LogP contribution is -2.26. The van der Waals surface area contributed by atoms with Gasteiger partial charge < -0.3 is 0 Å². The molecular weight excluding hydrogens is 397 g/mol. The van der Waals surface area contributed by atoms with Crippen LogP contribution in [0.25, 0.3) is 10.2 Å². The average Bonchev–Trinajstić information content (AvgIpc) is 2.99. The van der Waals surface area contributed by atoms with Crippen LogP contribution in [0.5, 0.6) is 0 Å². The molecule has 1 amide bonds. The monoisotopic (exact) mass is 409 g/mol. The maximum atomic E-state index is 12.2. The SMILES string of the molecule is C[C@H](Sc1nc2ccccc2s1)C(=O)NN=Cc1c(Cl)cccc1Cl. The van der Waals surface area contributed by atoms with E-state index in [9.17, 15) is 4.79 Å². The molecule has 1 N–H and O–H groups in total. The van der Waals surface area contributed by atoms with Crippen LogP contribution in [0, 0.1) is 0 Å². The zero-order valence-electron chi connectivity index (χ0n) is 13.1. The van der Waals surface area contributed by atoms with Gasteiger partial charge >= 0.3 is 0 Å². The highest BCUT2D eigenvalue weighted by Gasteiger charge is 2.16. The van der Waals surface area contributed by atoms with E-state index in [2.05, 4.69) is 15.5 Å². The summed E-state index contributed by atoms with van der Waals surface area (Å²) in [5, 5.41) is 4.56. The molecule has 25 heavy (non-hydrogen) atoms. The molecule has 2 aromatic carbocycles. The Balaban J connectivity index is 1.61. The first kappa shape index (κ1) is 18.2. The van der Waals surface area contributed by atoms with Crippen molar-refractivity contribution in [3.8, 4) is 0 Å². The van der Waals surface area contributed by atoms with Gasteiger partial charge in [-0.15, -0.1) is 11.3 Å². The second kappa shape index (κ2) is 8.19. The molecule has 0 radical (unpaired) electrons. The fourth-order valence-corrected chi connectivity index (χ4v) is 4.69. The van der Waals surface area contributed by atoms with E-state index in [1.54, 1.807) is 29.5 Å². The number of rotatable bonds is 5. The number of thioether (sulfide) groups is 1. The number of nitrogens with zero attached hydrogens (tertiary/aromatic N) is 2. The van der Waals surface area contributed by atoms with Crippen molar-refractivity contribution in [3.05, 3.63) is 58.1 Å². The van der Waals surface area contributed by atoms with E-state index < -0.39 is 0 Å². The number of aromatic nitrogens is 1. The molecule has 0 unspecified atom stereocenters. The normalized spacial score (nSPS) is 12.6. The zero-order valence-corrected chi connectivity index (χ0v) is 16.2. The molecule has 3 rings (SSSR count). The number of amides is 1. The Bertz CT molecular complexity index is 889. The van der Waals surface area contributed by atoms with Crippen LogP contribution < -0.4 is 5.43 Å². The van der Waals surface area contributed by atoms with Crippen molar-refractivity contribution in [2.75, 3.05) is 0 Å². The van der Waals surface area contributed by atoms with Gasteiger partial charge in [0.25, 0.3) is 5.91 Å². The molecule has 0 saturated carbocycles. The summed E-state index contributed by atoms with van der Waals surface area (Å²) in [6, 6.07) is 13.1. The van der Waals surface area contributed by atoms with Crippen LogP contribution in [0.4, 0.5) is 0 Å². The van der Waals surface area contributed by atoms with Gasteiger partial charge in [0, 0.05) is 5.56 Å². The highest BCUT2D eigenvalue weighted by molar-refractivity contribution is 8.02. The number of hydrogen-bond acceptors (Lipinski definition) is 5. The summed E-state index contributed by atoms with van der Waals surface area (Å²) in [5.74, 6) is -0.219. The van der Waals surface area contributed by atoms with Crippen LogP contribution in [0.15, 0.2) is 51.9 Å². The summed E-state index contributed by atoms with van der Waals surface area (Å²) < 4.78 is 1.95. The maximum absolute atomic E-state index is 12.2. The Labute approximate surface area is 163 Å². The largest absolute Gasteiger partial charge is 0.272 e. The predicted molar refractivity (Wildman–Crippen MR) is 107 cm³/mol. The van der Waals surface area contributed by atoms with Crippen molar-refractivity contribution in [2.24, 2.45) is 5.10 Å². The van der Waals surface area contributed by atoms with E-state index >= 15 is 0 Å². The Morgan fingerprint density at radius 1 is 1.24 bits per heavy atom. The smallest absolute Gasteiger partial charge is 0.253 e. The minimum Gasteiger partial charge on any atom is -0.272 e. The summed E-state index contributed by atoms with van der Waals surface area (Å²) >= 11 is 15.1. The number of carbonyl (C=O) groups is 1. The molecule has 128 valence electrons. The summed E-state index contributed by atoms with van der Waals surface area (Å²) in [5.41, 5.74) is 4.01. The predicted octanol–water partition coefficient (Wildman–Crippen LogP) is 5.23. The first-order chi connectivity index (χ1) is 12.0. The van der Waals surface area contributed by atoms with Crippen molar-refractivity contribution >= 4 is 68.6 Å². The van der Waals surface area contributed by atoms with Gasteiger partial charge in [0.1, 0.15) is 0 Å². The van der Waals surface area contributed by atoms with Crippen LogP contribution in [0.3, 0.4) is 0 Å². The summed E-state index contributed by atoms with van der Waals surface area (Å²) in [4.78, 5) is 16.7. The third-order valence-electron chi connectivity index (χ3n) is 3.29. The summed E-state index contributed by atoms with van der Waals surface area (Å²) in [7, 11) is 0. The highest BCUT2D eigenvalue weighted by Crippen LogP contribution is 2.31. The molecule has 0 aliphatic heterocycles. The molecule has 0 spiro atoms. The standard InChI is InChI=1S/C17H13Cl2N3OS2/c1-10(24-17-21-14-7-2-3-8-15(14)25-17)16(23)22-20-9-11-12(18)5-4-6-13(11)19/h2-10H,1H3,(H,22,23)/t10-/m0/s1. The number of para-hydroxylation sites is 1. The Hall–Kier alpha value is -1.60. The molecule has 0 fully saturated rings. The number of benzene rings is 2. The maximum Gasteiger partial charge on any atom is 0.253 e. The lowest BCUT2D eigenvalue weighted by molar-refractivity contribution is -0.120.